The van der Waals surface area contributed by atoms with Crippen LogP contribution >= 0.6 is 0 Å². The van der Waals surface area contributed by atoms with E-state index < -0.39 is 11.9 Å². The van der Waals surface area contributed by atoms with Crippen molar-refractivity contribution < 1.29 is 19.4 Å². The van der Waals surface area contributed by atoms with Gasteiger partial charge in [0.1, 0.15) is 11.6 Å². The highest BCUT2D eigenvalue weighted by atomic mass is 16.5. The molecule has 0 aliphatic carbocycles. The number of aliphatic hydroxyl groups excluding tert-OH is 1. The first-order valence-electron chi connectivity index (χ1n) is 9.17. The lowest BCUT2D eigenvalue weighted by Gasteiger charge is -2.20. The van der Waals surface area contributed by atoms with Gasteiger partial charge in [0.15, 0.2) is 0 Å². The second-order valence-corrected chi connectivity index (χ2v) is 6.05. The standard InChI is InChI=1S/C22H23N3O4/c1-2-29-22(28)19-10-6-7-11-20(19)24-21(27)18(14-23)16-25(12-13-26)15-17-8-4-3-5-9-17/h3-11,16,26H,2,12-13,15H2,1H3,(H,24,27)/b18-16-. The zero-order chi connectivity index (χ0) is 21.1. The number of aliphatic hydroxyl groups is 1. The van der Waals surface area contributed by atoms with Crippen LogP contribution in [0.1, 0.15) is 22.8 Å². The molecule has 7 nitrogen and oxygen atoms in total. The van der Waals surface area contributed by atoms with Gasteiger partial charge < -0.3 is 20.1 Å². The van der Waals surface area contributed by atoms with Crippen molar-refractivity contribution >= 4 is 17.6 Å². The quantitative estimate of drug-likeness (QED) is 0.386. The molecule has 0 unspecified atom stereocenters. The Hall–Kier alpha value is -3.63. The molecule has 0 saturated carbocycles. The van der Waals surface area contributed by atoms with E-state index in [1.165, 1.54) is 12.3 Å². The number of nitrogens with one attached hydrogen (secondary N) is 1. The number of carbonyl (C=O) groups excluding carboxylic acids is 2. The summed E-state index contributed by atoms with van der Waals surface area (Å²) in [6.45, 7) is 2.46. The predicted octanol–water partition coefficient (Wildman–Crippen LogP) is 2.70. The van der Waals surface area contributed by atoms with E-state index in [0.29, 0.717) is 6.54 Å². The number of nitrogens with zero attached hydrogens (tertiary/aromatic N) is 2. The zero-order valence-corrected chi connectivity index (χ0v) is 16.2. The van der Waals surface area contributed by atoms with Crippen molar-refractivity contribution in [3.8, 4) is 6.07 Å². The van der Waals surface area contributed by atoms with Gasteiger partial charge in [0.05, 0.1) is 24.5 Å². The number of carbonyl (C=O) groups is 2. The van der Waals surface area contributed by atoms with Crippen molar-refractivity contribution in [2.24, 2.45) is 0 Å². The normalized spacial score (nSPS) is 10.7. The van der Waals surface area contributed by atoms with E-state index in [1.807, 2.05) is 36.4 Å². The monoisotopic (exact) mass is 393 g/mol. The highest BCUT2D eigenvalue weighted by Crippen LogP contribution is 2.17. The lowest BCUT2D eigenvalue weighted by atomic mass is 10.1. The van der Waals surface area contributed by atoms with Crippen LogP contribution in [0.25, 0.3) is 0 Å². The molecule has 0 bridgehead atoms. The number of benzene rings is 2. The molecule has 2 N–H and O–H groups in total. The van der Waals surface area contributed by atoms with Gasteiger partial charge in [0, 0.05) is 19.3 Å². The maximum atomic E-state index is 12.6. The van der Waals surface area contributed by atoms with E-state index in [-0.39, 0.29) is 36.6 Å². The van der Waals surface area contributed by atoms with E-state index >= 15 is 0 Å². The Kier molecular flexibility index (Phi) is 8.42. The summed E-state index contributed by atoms with van der Waals surface area (Å²) in [6.07, 6.45) is 1.41. The molecule has 0 atom stereocenters. The van der Waals surface area contributed by atoms with Crippen LogP contribution in [0.4, 0.5) is 5.69 Å². The molecule has 0 aliphatic heterocycles. The molecule has 0 heterocycles. The highest BCUT2D eigenvalue weighted by Gasteiger charge is 2.17. The SMILES string of the molecule is CCOC(=O)c1ccccc1NC(=O)/C(C#N)=C\N(CCO)Cc1ccccc1. The van der Waals surface area contributed by atoms with Crippen LogP contribution in [0.2, 0.25) is 0 Å². The van der Waals surface area contributed by atoms with Gasteiger partial charge in [-0.05, 0) is 24.6 Å². The van der Waals surface area contributed by atoms with E-state index in [0.717, 1.165) is 5.56 Å². The first-order valence-corrected chi connectivity index (χ1v) is 9.17. The van der Waals surface area contributed by atoms with Crippen LogP contribution in [0.5, 0.6) is 0 Å². The zero-order valence-electron chi connectivity index (χ0n) is 16.2. The minimum absolute atomic E-state index is 0.130. The lowest BCUT2D eigenvalue weighted by molar-refractivity contribution is -0.112. The van der Waals surface area contributed by atoms with Crippen molar-refractivity contribution in [1.29, 1.82) is 5.26 Å². The first kappa shape index (κ1) is 21.7. The number of hydrogen-bond acceptors (Lipinski definition) is 6. The van der Waals surface area contributed by atoms with Gasteiger partial charge in [-0.25, -0.2) is 4.79 Å². The van der Waals surface area contributed by atoms with E-state index in [9.17, 15) is 20.0 Å². The van der Waals surface area contributed by atoms with Gasteiger partial charge in [0.25, 0.3) is 5.91 Å². The number of amides is 1. The fraction of sp³-hybridized carbons (Fsp3) is 0.227. The van der Waals surface area contributed by atoms with Crippen molar-refractivity contribution in [3.63, 3.8) is 0 Å². The molecule has 2 aromatic carbocycles. The molecule has 1 amide bonds. The molecule has 0 saturated heterocycles. The summed E-state index contributed by atoms with van der Waals surface area (Å²) in [5, 5.41) is 21.4. The number of hydrogen-bond donors (Lipinski definition) is 2. The third kappa shape index (κ3) is 6.48. The predicted molar refractivity (Wildman–Crippen MR) is 109 cm³/mol. The minimum atomic E-state index is -0.653. The number of anilines is 1. The Morgan fingerprint density at radius 2 is 1.86 bits per heavy atom. The van der Waals surface area contributed by atoms with Gasteiger partial charge in [-0.3, -0.25) is 4.79 Å². The number of para-hydroxylation sites is 1. The van der Waals surface area contributed by atoms with Crippen molar-refractivity contribution in [2.75, 3.05) is 25.1 Å². The summed E-state index contributed by atoms with van der Waals surface area (Å²) >= 11 is 0. The molecule has 7 heteroatoms. The Bertz CT molecular complexity index is 904. The topological polar surface area (TPSA) is 103 Å². The summed E-state index contributed by atoms with van der Waals surface area (Å²) in [4.78, 5) is 26.4. The Balaban J connectivity index is 2.21. The van der Waals surface area contributed by atoms with E-state index in [2.05, 4.69) is 5.32 Å². The molecule has 0 spiro atoms. The number of rotatable bonds is 9. The molecule has 0 aliphatic rings. The van der Waals surface area contributed by atoms with Crippen LogP contribution < -0.4 is 5.32 Å². The number of esters is 1. The smallest absolute Gasteiger partial charge is 0.340 e. The van der Waals surface area contributed by atoms with Crippen LogP contribution in [-0.2, 0) is 16.1 Å². The molecule has 150 valence electrons. The molecule has 0 fully saturated rings. The van der Waals surface area contributed by atoms with E-state index in [1.54, 1.807) is 30.0 Å². The third-order valence-corrected chi connectivity index (χ3v) is 3.96. The second-order valence-electron chi connectivity index (χ2n) is 6.05. The van der Waals surface area contributed by atoms with Crippen molar-refractivity contribution in [2.45, 2.75) is 13.5 Å². The van der Waals surface area contributed by atoms with Gasteiger partial charge in [-0.2, -0.15) is 5.26 Å². The molecule has 2 aromatic rings. The fourth-order valence-corrected chi connectivity index (χ4v) is 2.63. The van der Waals surface area contributed by atoms with Gasteiger partial charge in [-0.15, -0.1) is 0 Å². The third-order valence-electron chi connectivity index (χ3n) is 3.96. The van der Waals surface area contributed by atoms with Crippen molar-refractivity contribution in [1.82, 2.24) is 4.90 Å². The fourth-order valence-electron chi connectivity index (χ4n) is 2.63. The Morgan fingerprint density at radius 1 is 1.17 bits per heavy atom. The van der Waals surface area contributed by atoms with Gasteiger partial charge in [-0.1, -0.05) is 42.5 Å². The number of ether oxygens (including phenoxy) is 1. The van der Waals surface area contributed by atoms with Crippen LogP contribution in [0, 0.1) is 11.3 Å². The lowest BCUT2D eigenvalue weighted by Crippen LogP contribution is -2.24. The Morgan fingerprint density at radius 3 is 2.52 bits per heavy atom. The maximum Gasteiger partial charge on any atom is 0.340 e. The highest BCUT2D eigenvalue weighted by molar-refractivity contribution is 6.09. The second kappa shape index (κ2) is 11.3. The van der Waals surface area contributed by atoms with Crippen molar-refractivity contribution in [3.05, 3.63) is 77.5 Å². The van der Waals surface area contributed by atoms with Gasteiger partial charge in [0.2, 0.25) is 0 Å². The Labute approximate surface area is 169 Å². The molecule has 0 radical (unpaired) electrons. The molecule has 2 rings (SSSR count). The van der Waals surface area contributed by atoms with Crippen LogP contribution in [0.15, 0.2) is 66.4 Å². The summed E-state index contributed by atoms with van der Waals surface area (Å²) in [7, 11) is 0. The summed E-state index contributed by atoms with van der Waals surface area (Å²) in [5.41, 5.74) is 1.29. The number of nitriles is 1. The maximum absolute atomic E-state index is 12.6. The summed E-state index contributed by atoms with van der Waals surface area (Å²) in [5.74, 6) is -1.21. The molecule has 0 aromatic heterocycles. The molecular formula is C22H23N3O4. The average molecular weight is 393 g/mol. The van der Waals surface area contributed by atoms with Gasteiger partial charge >= 0.3 is 5.97 Å². The van der Waals surface area contributed by atoms with Crippen LogP contribution in [-0.4, -0.2) is 41.6 Å². The summed E-state index contributed by atoms with van der Waals surface area (Å²) < 4.78 is 4.99. The summed E-state index contributed by atoms with van der Waals surface area (Å²) in [6, 6.07) is 17.8. The molecular weight excluding hydrogens is 370 g/mol. The molecule has 29 heavy (non-hydrogen) atoms. The first-order chi connectivity index (χ1) is 14.1. The van der Waals surface area contributed by atoms with E-state index in [4.69, 9.17) is 4.74 Å². The minimum Gasteiger partial charge on any atom is -0.462 e. The largest absolute Gasteiger partial charge is 0.462 e. The average Bonchev–Trinajstić information content (AvgIpc) is 2.73. The van der Waals surface area contributed by atoms with Crippen LogP contribution in [0.3, 0.4) is 0 Å².